The summed E-state index contributed by atoms with van der Waals surface area (Å²) in [5.41, 5.74) is 4.84. The van der Waals surface area contributed by atoms with Crippen LogP contribution in [0, 0.1) is 0 Å². The number of rotatable bonds is 8. The summed E-state index contributed by atoms with van der Waals surface area (Å²) in [7, 11) is 0. The zero-order valence-electron chi connectivity index (χ0n) is 15.2. The highest BCUT2D eigenvalue weighted by Gasteiger charge is 2.10. The molecule has 3 aromatic rings. The summed E-state index contributed by atoms with van der Waals surface area (Å²) < 4.78 is 13.6. The molecule has 0 unspecified atom stereocenters. The number of hydrogen-bond donors (Lipinski definition) is 1. The fourth-order valence-electron chi connectivity index (χ4n) is 2.37. The van der Waals surface area contributed by atoms with Crippen LogP contribution < -0.4 is 14.9 Å². The molecule has 2 aromatic carbocycles. The van der Waals surface area contributed by atoms with E-state index < -0.39 is 0 Å². The lowest BCUT2D eigenvalue weighted by atomic mass is 10.2. The maximum absolute atomic E-state index is 5.98. The van der Waals surface area contributed by atoms with Crippen LogP contribution in [-0.2, 0) is 6.61 Å². The Hall–Kier alpha value is -2.38. The van der Waals surface area contributed by atoms with E-state index in [9.17, 15) is 0 Å². The van der Waals surface area contributed by atoms with Crippen molar-refractivity contribution < 1.29 is 9.47 Å². The first-order valence-electron chi connectivity index (χ1n) is 8.69. The van der Waals surface area contributed by atoms with E-state index in [0.717, 1.165) is 20.1 Å². The van der Waals surface area contributed by atoms with Gasteiger partial charge in [-0.25, -0.2) is 4.98 Å². The first kappa shape index (κ1) is 20.4. The molecule has 1 aromatic heterocycles. The molecule has 7 heteroatoms. The lowest BCUT2D eigenvalue weighted by Gasteiger charge is -2.14. The second kappa shape index (κ2) is 10.2. The highest BCUT2D eigenvalue weighted by atomic mass is 79.9. The van der Waals surface area contributed by atoms with E-state index in [0.29, 0.717) is 30.5 Å². The van der Waals surface area contributed by atoms with Crippen LogP contribution in [0.5, 0.6) is 11.5 Å². The molecule has 0 aliphatic carbocycles. The van der Waals surface area contributed by atoms with Crippen LogP contribution in [0.4, 0.5) is 5.82 Å². The Morgan fingerprint density at radius 2 is 1.82 bits per heavy atom. The molecule has 0 aliphatic rings. The average Bonchev–Trinajstić information content (AvgIpc) is 2.71. The second-order valence-electron chi connectivity index (χ2n) is 5.75. The van der Waals surface area contributed by atoms with Crippen molar-refractivity contribution in [1.29, 1.82) is 0 Å². The van der Waals surface area contributed by atoms with Crippen molar-refractivity contribution in [2.24, 2.45) is 5.10 Å². The van der Waals surface area contributed by atoms with E-state index in [1.807, 2.05) is 61.5 Å². The molecule has 1 heterocycles. The molecule has 0 saturated heterocycles. The minimum atomic E-state index is 0.453. The lowest BCUT2D eigenvalue weighted by molar-refractivity contribution is 0.269. The molecule has 0 fully saturated rings. The Kier molecular flexibility index (Phi) is 7.45. The molecule has 144 valence electrons. The summed E-state index contributed by atoms with van der Waals surface area (Å²) in [6, 6.07) is 17.4. The van der Waals surface area contributed by atoms with Gasteiger partial charge in [0.1, 0.15) is 12.4 Å². The van der Waals surface area contributed by atoms with Gasteiger partial charge in [0.2, 0.25) is 0 Å². The van der Waals surface area contributed by atoms with Crippen molar-refractivity contribution >= 4 is 43.9 Å². The van der Waals surface area contributed by atoms with Gasteiger partial charge in [-0.1, -0.05) is 34.1 Å². The van der Waals surface area contributed by atoms with Gasteiger partial charge in [-0.3, -0.25) is 5.43 Å². The highest BCUT2D eigenvalue weighted by molar-refractivity contribution is 9.10. The number of nitrogens with one attached hydrogen (secondary N) is 1. The molecular formula is C21H19Br2N3O2. The number of ether oxygens (including phenoxy) is 2. The second-order valence-corrected chi connectivity index (χ2v) is 7.52. The zero-order valence-corrected chi connectivity index (χ0v) is 18.4. The van der Waals surface area contributed by atoms with Crippen molar-refractivity contribution in [2.45, 2.75) is 13.5 Å². The number of anilines is 1. The predicted molar refractivity (Wildman–Crippen MR) is 119 cm³/mol. The molecule has 0 radical (unpaired) electrons. The number of hydrazone groups is 1. The number of hydrogen-bond acceptors (Lipinski definition) is 5. The minimum absolute atomic E-state index is 0.453. The van der Waals surface area contributed by atoms with Gasteiger partial charge >= 0.3 is 0 Å². The molecule has 0 bridgehead atoms. The van der Waals surface area contributed by atoms with Gasteiger partial charge in [-0.15, -0.1) is 0 Å². The van der Waals surface area contributed by atoms with Crippen molar-refractivity contribution in [3.63, 3.8) is 0 Å². The van der Waals surface area contributed by atoms with Crippen molar-refractivity contribution in [1.82, 2.24) is 4.98 Å². The van der Waals surface area contributed by atoms with Gasteiger partial charge in [0, 0.05) is 20.7 Å². The van der Waals surface area contributed by atoms with Gasteiger partial charge in [-0.2, -0.15) is 5.10 Å². The topological polar surface area (TPSA) is 55.7 Å². The molecule has 5 nitrogen and oxygen atoms in total. The molecule has 0 saturated carbocycles. The fraction of sp³-hybridized carbons (Fsp3) is 0.143. The summed E-state index contributed by atoms with van der Waals surface area (Å²) in [5, 5.41) is 4.24. The number of aromatic nitrogens is 1. The third-order valence-electron chi connectivity index (χ3n) is 3.72. The Labute approximate surface area is 181 Å². The van der Waals surface area contributed by atoms with E-state index >= 15 is 0 Å². The summed E-state index contributed by atoms with van der Waals surface area (Å²) in [5.74, 6) is 2.02. The van der Waals surface area contributed by atoms with E-state index in [1.165, 1.54) is 0 Å². The Morgan fingerprint density at radius 3 is 2.54 bits per heavy atom. The molecule has 0 atom stereocenters. The van der Waals surface area contributed by atoms with Crippen molar-refractivity contribution in [2.75, 3.05) is 12.0 Å². The van der Waals surface area contributed by atoms with Crippen LogP contribution in [0.1, 0.15) is 18.1 Å². The summed E-state index contributed by atoms with van der Waals surface area (Å²) in [6.07, 6.45) is 3.41. The van der Waals surface area contributed by atoms with E-state index in [4.69, 9.17) is 9.47 Å². The molecule has 0 spiro atoms. The minimum Gasteiger partial charge on any atom is -0.490 e. The number of pyridine rings is 1. The first-order chi connectivity index (χ1) is 13.7. The van der Waals surface area contributed by atoms with Gasteiger partial charge < -0.3 is 9.47 Å². The molecule has 0 amide bonds. The first-order valence-corrected chi connectivity index (χ1v) is 10.3. The van der Waals surface area contributed by atoms with Crippen LogP contribution in [0.15, 0.2) is 74.8 Å². The Morgan fingerprint density at radius 1 is 1.04 bits per heavy atom. The van der Waals surface area contributed by atoms with Gasteiger partial charge in [0.25, 0.3) is 0 Å². The van der Waals surface area contributed by atoms with E-state index in [1.54, 1.807) is 12.4 Å². The third-order valence-corrected chi connectivity index (χ3v) is 4.93. The Balaban J connectivity index is 1.74. The predicted octanol–water partition coefficient (Wildman–Crippen LogP) is 6.03. The molecule has 1 N–H and O–H groups in total. The zero-order chi connectivity index (χ0) is 19.8. The van der Waals surface area contributed by atoms with Crippen LogP contribution >= 0.6 is 31.9 Å². The number of halogens is 2. The molecule has 28 heavy (non-hydrogen) atoms. The monoisotopic (exact) mass is 503 g/mol. The summed E-state index contributed by atoms with van der Waals surface area (Å²) >= 11 is 7.02. The maximum atomic E-state index is 5.98. The standard InChI is InChI=1S/C21H19Br2N3O2/c1-2-27-19-11-16(13-25-26-21-5-3-4-10-24-21)18(23)12-20(19)28-14-15-6-8-17(22)9-7-15/h3-13H,2,14H2,1H3,(H,24,26)/b25-13+. The van der Waals surface area contributed by atoms with E-state index in [2.05, 4.69) is 47.4 Å². The third kappa shape index (κ3) is 5.81. The molecule has 0 aliphatic heterocycles. The fourth-order valence-corrected chi connectivity index (χ4v) is 3.06. The Bertz CT molecular complexity index is 932. The van der Waals surface area contributed by atoms with Gasteiger partial charge in [0.05, 0.1) is 12.8 Å². The van der Waals surface area contributed by atoms with Crippen molar-refractivity contribution in [3.8, 4) is 11.5 Å². The molecular weight excluding hydrogens is 486 g/mol. The largest absolute Gasteiger partial charge is 0.490 e. The quantitative estimate of drug-likeness (QED) is 0.300. The van der Waals surface area contributed by atoms with Crippen LogP contribution in [0.3, 0.4) is 0 Å². The van der Waals surface area contributed by atoms with E-state index in [-0.39, 0.29) is 0 Å². The molecule has 3 rings (SSSR count). The number of benzene rings is 2. The smallest absolute Gasteiger partial charge is 0.162 e. The normalized spacial score (nSPS) is 10.8. The highest BCUT2D eigenvalue weighted by Crippen LogP contribution is 2.34. The summed E-state index contributed by atoms with van der Waals surface area (Å²) in [4.78, 5) is 4.17. The number of nitrogens with zero attached hydrogens (tertiary/aromatic N) is 2. The van der Waals surface area contributed by atoms with Crippen molar-refractivity contribution in [3.05, 3.63) is 80.9 Å². The van der Waals surface area contributed by atoms with Crippen LogP contribution in [0.2, 0.25) is 0 Å². The lowest BCUT2D eigenvalue weighted by Crippen LogP contribution is -2.01. The van der Waals surface area contributed by atoms with Gasteiger partial charge in [0.15, 0.2) is 11.5 Å². The van der Waals surface area contributed by atoms with Crippen LogP contribution in [-0.4, -0.2) is 17.8 Å². The average molecular weight is 505 g/mol. The van der Waals surface area contributed by atoms with Crippen LogP contribution in [0.25, 0.3) is 0 Å². The maximum Gasteiger partial charge on any atom is 0.162 e. The van der Waals surface area contributed by atoms with Gasteiger partial charge in [-0.05, 0) is 64.8 Å². The SMILES string of the molecule is CCOc1cc(/C=N/Nc2ccccn2)c(Br)cc1OCc1ccc(Br)cc1. The summed E-state index contributed by atoms with van der Waals surface area (Å²) in [6.45, 7) is 2.93.